The molecule has 2 rings (SSSR count). The van der Waals surface area contributed by atoms with Crippen LogP contribution in [0.3, 0.4) is 0 Å². The van der Waals surface area contributed by atoms with Gasteiger partial charge in [-0.15, -0.1) is 0 Å². The lowest BCUT2D eigenvalue weighted by atomic mass is 10.0. The van der Waals surface area contributed by atoms with Crippen molar-refractivity contribution in [1.82, 2.24) is 0 Å². The Morgan fingerprint density at radius 3 is 2.12 bits per heavy atom. The van der Waals surface area contributed by atoms with Gasteiger partial charge in [0.15, 0.2) is 0 Å². The third kappa shape index (κ3) is 6.57. The number of aryl methyl sites for hydroxylation is 1. The Hall–Kier alpha value is -2.86. The minimum atomic E-state index is -0.338. The van der Waals surface area contributed by atoms with Crippen molar-refractivity contribution in [2.24, 2.45) is 0 Å². The van der Waals surface area contributed by atoms with Crippen LogP contribution in [0.5, 0.6) is 0 Å². The molecule has 0 bridgehead atoms. The molecule has 0 N–H and O–H groups in total. The first-order valence-electron chi connectivity index (χ1n) is 9.11. The predicted molar refractivity (Wildman–Crippen MR) is 105 cm³/mol. The zero-order valence-electron chi connectivity index (χ0n) is 15.1. The van der Waals surface area contributed by atoms with E-state index in [0.717, 1.165) is 31.2 Å². The molecule has 2 aromatic carbocycles. The number of carbonyl (C=O) groups is 1. The summed E-state index contributed by atoms with van der Waals surface area (Å²) in [4.78, 5) is 10.9. The van der Waals surface area contributed by atoms with Gasteiger partial charge in [-0.25, -0.2) is 4.79 Å². The van der Waals surface area contributed by atoms with Gasteiger partial charge in [0.2, 0.25) is 0 Å². The third-order valence-corrected chi connectivity index (χ3v) is 4.32. The molecular formula is C23H25NO2. The van der Waals surface area contributed by atoms with Gasteiger partial charge in [-0.2, -0.15) is 5.26 Å². The molecule has 0 saturated carbocycles. The van der Waals surface area contributed by atoms with Gasteiger partial charge in [0, 0.05) is 6.08 Å². The highest BCUT2D eigenvalue weighted by Crippen LogP contribution is 2.21. The van der Waals surface area contributed by atoms with E-state index in [0.29, 0.717) is 12.2 Å². The summed E-state index contributed by atoms with van der Waals surface area (Å²) in [6.45, 7) is 3.86. The van der Waals surface area contributed by atoms with E-state index in [1.54, 1.807) is 0 Å². The second-order valence-electron chi connectivity index (χ2n) is 6.28. The molecule has 0 unspecified atom stereocenters. The Kier molecular flexibility index (Phi) is 8.15. The highest BCUT2D eigenvalue weighted by atomic mass is 16.5. The lowest BCUT2D eigenvalue weighted by Gasteiger charge is -2.06. The first kappa shape index (κ1) is 19.5. The Balaban J connectivity index is 1.65. The molecule has 134 valence electrons. The van der Waals surface area contributed by atoms with Crippen LogP contribution in [-0.4, -0.2) is 12.6 Å². The number of carbonyl (C=O) groups excluding carboxylic acids is 1. The first-order valence-corrected chi connectivity index (χ1v) is 9.11. The van der Waals surface area contributed by atoms with Crippen LogP contribution in [0.4, 0.5) is 0 Å². The molecule has 0 spiro atoms. The van der Waals surface area contributed by atoms with Crippen LogP contribution in [0.25, 0.3) is 11.1 Å². The molecule has 0 saturated heterocycles. The summed E-state index contributed by atoms with van der Waals surface area (Å²) in [5.74, 6) is -0.338. The van der Waals surface area contributed by atoms with Crippen molar-refractivity contribution < 1.29 is 9.53 Å². The number of nitriles is 1. The second kappa shape index (κ2) is 10.9. The van der Waals surface area contributed by atoms with Crippen LogP contribution in [0.15, 0.2) is 61.2 Å². The van der Waals surface area contributed by atoms with Crippen LogP contribution in [0.2, 0.25) is 0 Å². The van der Waals surface area contributed by atoms with Crippen LogP contribution < -0.4 is 0 Å². The number of benzene rings is 2. The molecule has 0 amide bonds. The van der Waals surface area contributed by atoms with E-state index in [9.17, 15) is 4.79 Å². The van der Waals surface area contributed by atoms with Crippen molar-refractivity contribution in [3.63, 3.8) is 0 Å². The largest absolute Gasteiger partial charge is 0.463 e. The lowest BCUT2D eigenvalue weighted by molar-refractivity contribution is -0.137. The zero-order valence-corrected chi connectivity index (χ0v) is 15.1. The fraction of sp³-hybridized carbons (Fsp3) is 0.304. The maximum absolute atomic E-state index is 10.9. The van der Waals surface area contributed by atoms with E-state index in [1.807, 2.05) is 24.3 Å². The zero-order chi connectivity index (χ0) is 18.6. The Morgan fingerprint density at radius 1 is 0.923 bits per heavy atom. The van der Waals surface area contributed by atoms with Gasteiger partial charge in [-0.1, -0.05) is 62.2 Å². The van der Waals surface area contributed by atoms with Crippen molar-refractivity contribution in [2.75, 3.05) is 6.61 Å². The molecule has 2 aromatic rings. The molecule has 0 fully saturated rings. The minimum absolute atomic E-state index is 0.338. The summed E-state index contributed by atoms with van der Waals surface area (Å²) in [6.07, 6.45) is 7.80. The summed E-state index contributed by atoms with van der Waals surface area (Å²) in [6, 6.07) is 18.5. The van der Waals surface area contributed by atoms with E-state index in [4.69, 9.17) is 10.00 Å². The Bertz CT molecular complexity index is 739. The summed E-state index contributed by atoms with van der Waals surface area (Å²) >= 11 is 0. The SMILES string of the molecule is C=CC(=O)OCCCCCCCc1ccc(-c2ccc(C#N)cc2)cc1. The van der Waals surface area contributed by atoms with E-state index in [2.05, 4.69) is 36.9 Å². The molecular weight excluding hydrogens is 322 g/mol. The number of nitrogens with zero attached hydrogens (tertiary/aromatic N) is 1. The summed E-state index contributed by atoms with van der Waals surface area (Å²) in [7, 11) is 0. The van der Waals surface area contributed by atoms with Gasteiger partial charge in [-0.3, -0.25) is 0 Å². The molecule has 0 aromatic heterocycles. The lowest BCUT2D eigenvalue weighted by Crippen LogP contribution is -2.01. The Labute approximate surface area is 155 Å². The van der Waals surface area contributed by atoms with Gasteiger partial charge in [0.25, 0.3) is 0 Å². The maximum Gasteiger partial charge on any atom is 0.330 e. The van der Waals surface area contributed by atoms with Crippen molar-refractivity contribution in [2.45, 2.75) is 38.5 Å². The summed E-state index contributed by atoms with van der Waals surface area (Å²) in [5.41, 5.74) is 4.34. The average Bonchev–Trinajstić information content (AvgIpc) is 2.70. The molecule has 0 radical (unpaired) electrons. The molecule has 0 aliphatic carbocycles. The monoisotopic (exact) mass is 347 g/mol. The molecule has 0 aliphatic rings. The Morgan fingerprint density at radius 2 is 1.50 bits per heavy atom. The number of unbranched alkanes of at least 4 members (excludes halogenated alkanes) is 4. The average molecular weight is 347 g/mol. The van der Waals surface area contributed by atoms with Crippen molar-refractivity contribution in [1.29, 1.82) is 5.26 Å². The van der Waals surface area contributed by atoms with Crippen LogP contribution in [0, 0.1) is 11.3 Å². The first-order chi connectivity index (χ1) is 12.7. The molecule has 0 atom stereocenters. The number of esters is 1. The van der Waals surface area contributed by atoms with Crippen molar-refractivity contribution >= 4 is 5.97 Å². The van der Waals surface area contributed by atoms with Gasteiger partial charge >= 0.3 is 5.97 Å². The topological polar surface area (TPSA) is 50.1 Å². The van der Waals surface area contributed by atoms with E-state index in [1.165, 1.54) is 30.0 Å². The second-order valence-corrected chi connectivity index (χ2v) is 6.28. The normalized spacial score (nSPS) is 10.1. The number of hydrogen-bond acceptors (Lipinski definition) is 3. The van der Waals surface area contributed by atoms with Crippen molar-refractivity contribution in [3.8, 4) is 17.2 Å². The number of hydrogen-bond donors (Lipinski definition) is 0. The molecule has 26 heavy (non-hydrogen) atoms. The van der Waals surface area contributed by atoms with Gasteiger partial charge in [0.1, 0.15) is 0 Å². The standard InChI is InChI=1S/C23H25NO2/c1-2-23(25)26-17-7-5-3-4-6-8-19-9-13-21(14-10-19)22-15-11-20(18-24)12-16-22/h2,9-16H,1,3-8,17H2. The van der Waals surface area contributed by atoms with Gasteiger partial charge in [0.05, 0.1) is 18.2 Å². The number of rotatable bonds is 10. The smallest absolute Gasteiger partial charge is 0.330 e. The fourth-order valence-corrected chi connectivity index (χ4v) is 2.79. The summed E-state index contributed by atoms with van der Waals surface area (Å²) < 4.78 is 4.95. The van der Waals surface area contributed by atoms with Crippen LogP contribution >= 0.6 is 0 Å². The van der Waals surface area contributed by atoms with E-state index >= 15 is 0 Å². The molecule has 3 heteroatoms. The molecule has 0 heterocycles. The number of ether oxygens (including phenoxy) is 1. The molecule has 0 aliphatic heterocycles. The van der Waals surface area contributed by atoms with Crippen molar-refractivity contribution in [3.05, 3.63) is 72.3 Å². The summed E-state index contributed by atoms with van der Waals surface area (Å²) in [5, 5.41) is 8.86. The fourth-order valence-electron chi connectivity index (χ4n) is 2.79. The third-order valence-electron chi connectivity index (χ3n) is 4.32. The highest BCUT2D eigenvalue weighted by Gasteiger charge is 2.00. The van der Waals surface area contributed by atoms with Crippen LogP contribution in [-0.2, 0) is 16.0 Å². The molecule has 3 nitrogen and oxygen atoms in total. The van der Waals surface area contributed by atoms with E-state index < -0.39 is 0 Å². The minimum Gasteiger partial charge on any atom is -0.463 e. The van der Waals surface area contributed by atoms with Gasteiger partial charge < -0.3 is 4.74 Å². The quantitative estimate of drug-likeness (QED) is 0.326. The van der Waals surface area contributed by atoms with Gasteiger partial charge in [-0.05, 0) is 48.1 Å². The highest BCUT2D eigenvalue weighted by molar-refractivity contribution is 5.81. The van der Waals surface area contributed by atoms with Crippen LogP contribution in [0.1, 0.15) is 43.2 Å². The van der Waals surface area contributed by atoms with E-state index in [-0.39, 0.29) is 5.97 Å². The predicted octanol–water partition coefficient (Wildman–Crippen LogP) is 5.45. The maximum atomic E-state index is 10.9.